The molecule has 142 valence electrons. The molecule has 7 heteroatoms. The fourth-order valence-corrected chi connectivity index (χ4v) is 3.33. The van der Waals surface area contributed by atoms with Crippen LogP contribution < -0.4 is 4.74 Å². The lowest BCUT2D eigenvalue weighted by molar-refractivity contribution is 0.0705. The van der Waals surface area contributed by atoms with Crippen LogP contribution in [-0.4, -0.2) is 38.8 Å². The van der Waals surface area contributed by atoms with Crippen molar-refractivity contribution in [1.82, 2.24) is 19.9 Å². The number of hydrogen-bond acceptors (Lipinski definition) is 5. The molecule has 0 radical (unpaired) electrons. The summed E-state index contributed by atoms with van der Waals surface area (Å²) in [6, 6.07) is 9.60. The zero-order valence-electron chi connectivity index (χ0n) is 15.2. The molecule has 3 aromatic rings. The van der Waals surface area contributed by atoms with E-state index in [9.17, 15) is 9.18 Å². The van der Waals surface area contributed by atoms with E-state index in [0.29, 0.717) is 18.7 Å². The molecule has 2 aromatic heterocycles. The van der Waals surface area contributed by atoms with E-state index >= 15 is 0 Å². The Morgan fingerprint density at radius 3 is 2.75 bits per heavy atom. The molecular weight excluding hydrogens is 359 g/mol. The fraction of sp³-hybridized carbons (Fsp3) is 0.238. The quantitative estimate of drug-likeness (QED) is 0.690. The number of halogens is 1. The van der Waals surface area contributed by atoms with E-state index in [-0.39, 0.29) is 23.5 Å². The molecule has 0 saturated carbocycles. The molecule has 28 heavy (non-hydrogen) atoms. The van der Waals surface area contributed by atoms with Crippen LogP contribution in [-0.2, 0) is 0 Å². The standard InChI is InChI=1S/C21H19FN4O2/c22-17-5-1-2-6-19(17)28-20-13-24-12-18(25-20)16-4-3-11-26(14-16)21(27)15-7-9-23-10-8-15/h1-2,5-10,12-13,16H,3-4,11,14H2. The second-order valence-corrected chi connectivity index (χ2v) is 6.64. The van der Waals surface area contributed by atoms with Crippen molar-refractivity contribution >= 4 is 5.91 Å². The van der Waals surface area contributed by atoms with Gasteiger partial charge in [-0.25, -0.2) is 9.37 Å². The zero-order chi connectivity index (χ0) is 19.3. The van der Waals surface area contributed by atoms with Crippen LogP contribution in [0.2, 0.25) is 0 Å². The molecule has 0 spiro atoms. The van der Waals surface area contributed by atoms with Gasteiger partial charge in [-0.15, -0.1) is 0 Å². The summed E-state index contributed by atoms with van der Waals surface area (Å²) in [7, 11) is 0. The third-order valence-corrected chi connectivity index (χ3v) is 4.74. The predicted molar refractivity (Wildman–Crippen MR) is 101 cm³/mol. The summed E-state index contributed by atoms with van der Waals surface area (Å²) in [6.45, 7) is 1.26. The summed E-state index contributed by atoms with van der Waals surface area (Å²) in [5, 5.41) is 0. The van der Waals surface area contributed by atoms with Gasteiger partial charge in [0.1, 0.15) is 0 Å². The highest BCUT2D eigenvalue weighted by Crippen LogP contribution is 2.28. The number of benzene rings is 1. The topological polar surface area (TPSA) is 68.2 Å². The molecule has 6 nitrogen and oxygen atoms in total. The maximum Gasteiger partial charge on any atom is 0.253 e. The first-order valence-electron chi connectivity index (χ1n) is 9.14. The van der Waals surface area contributed by atoms with Crippen LogP contribution >= 0.6 is 0 Å². The van der Waals surface area contributed by atoms with Gasteiger partial charge in [-0.05, 0) is 37.1 Å². The number of para-hydroxylation sites is 1. The largest absolute Gasteiger partial charge is 0.434 e. The predicted octanol–water partition coefficient (Wildman–Crippen LogP) is 3.82. The number of rotatable bonds is 4. The van der Waals surface area contributed by atoms with Crippen LogP contribution in [0.5, 0.6) is 11.6 Å². The number of amides is 1. The number of piperidine rings is 1. The Labute approximate surface area is 162 Å². The first-order valence-corrected chi connectivity index (χ1v) is 9.14. The summed E-state index contributed by atoms with van der Waals surface area (Å²) in [4.78, 5) is 27.2. The van der Waals surface area contributed by atoms with Crippen molar-refractivity contribution in [1.29, 1.82) is 0 Å². The second kappa shape index (κ2) is 8.12. The molecule has 1 saturated heterocycles. The first-order chi connectivity index (χ1) is 13.7. The lowest BCUT2D eigenvalue weighted by atomic mass is 9.94. The zero-order valence-corrected chi connectivity index (χ0v) is 15.2. The van der Waals surface area contributed by atoms with Gasteiger partial charge in [-0.3, -0.25) is 14.8 Å². The van der Waals surface area contributed by atoms with Crippen molar-refractivity contribution in [2.24, 2.45) is 0 Å². The van der Waals surface area contributed by atoms with Gasteiger partial charge in [-0.1, -0.05) is 12.1 Å². The lowest BCUT2D eigenvalue weighted by Crippen LogP contribution is -2.39. The number of carbonyl (C=O) groups excluding carboxylic acids is 1. The molecule has 1 aliphatic rings. The molecule has 4 rings (SSSR count). The Morgan fingerprint density at radius 2 is 1.93 bits per heavy atom. The summed E-state index contributed by atoms with van der Waals surface area (Å²) < 4.78 is 19.4. The highest BCUT2D eigenvalue weighted by atomic mass is 19.1. The van der Waals surface area contributed by atoms with E-state index in [1.54, 1.807) is 48.9 Å². The van der Waals surface area contributed by atoms with Crippen LogP contribution in [0.3, 0.4) is 0 Å². The fourth-order valence-electron chi connectivity index (χ4n) is 3.33. The van der Waals surface area contributed by atoms with E-state index in [1.165, 1.54) is 12.3 Å². The minimum absolute atomic E-state index is 0.0150. The first kappa shape index (κ1) is 18.0. The summed E-state index contributed by atoms with van der Waals surface area (Å²) in [6.07, 6.45) is 8.14. The van der Waals surface area contributed by atoms with Crippen molar-refractivity contribution in [2.75, 3.05) is 13.1 Å². The Bertz CT molecular complexity index is 967. The van der Waals surface area contributed by atoms with Gasteiger partial charge in [0.05, 0.1) is 11.9 Å². The van der Waals surface area contributed by atoms with Crippen LogP contribution in [0.25, 0.3) is 0 Å². The molecule has 1 amide bonds. The number of pyridine rings is 1. The average molecular weight is 378 g/mol. The Hall–Kier alpha value is -3.35. The molecule has 1 aliphatic heterocycles. The van der Waals surface area contributed by atoms with Crippen LogP contribution in [0.15, 0.2) is 61.2 Å². The van der Waals surface area contributed by atoms with Gasteiger partial charge in [0, 0.05) is 43.2 Å². The van der Waals surface area contributed by atoms with Crippen LogP contribution in [0.1, 0.15) is 34.8 Å². The number of nitrogens with zero attached hydrogens (tertiary/aromatic N) is 4. The molecule has 1 unspecified atom stereocenters. The van der Waals surface area contributed by atoms with Crippen molar-refractivity contribution in [2.45, 2.75) is 18.8 Å². The van der Waals surface area contributed by atoms with E-state index in [4.69, 9.17) is 4.74 Å². The molecule has 1 aromatic carbocycles. The van der Waals surface area contributed by atoms with Crippen LogP contribution in [0.4, 0.5) is 4.39 Å². The van der Waals surface area contributed by atoms with Gasteiger partial charge in [0.2, 0.25) is 5.88 Å². The monoisotopic (exact) mass is 378 g/mol. The average Bonchev–Trinajstić information content (AvgIpc) is 2.76. The van der Waals surface area contributed by atoms with E-state index in [0.717, 1.165) is 18.5 Å². The maximum absolute atomic E-state index is 13.8. The number of hydrogen-bond donors (Lipinski definition) is 0. The maximum atomic E-state index is 13.8. The smallest absolute Gasteiger partial charge is 0.253 e. The molecule has 1 fully saturated rings. The minimum atomic E-state index is -0.457. The van der Waals surface area contributed by atoms with Crippen molar-refractivity contribution in [3.8, 4) is 11.6 Å². The summed E-state index contributed by atoms with van der Waals surface area (Å²) >= 11 is 0. The van der Waals surface area contributed by atoms with Gasteiger partial charge in [-0.2, -0.15) is 0 Å². The Balaban J connectivity index is 1.49. The number of likely N-dealkylation sites (tertiary alicyclic amines) is 1. The number of carbonyl (C=O) groups is 1. The molecule has 0 N–H and O–H groups in total. The molecule has 0 bridgehead atoms. The van der Waals surface area contributed by atoms with Crippen molar-refractivity contribution in [3.05, 3.63) is 78.3 Å². The van der Waals surface area contributed by atoms with Crippen molar-refractivity contribution < 1.29 is 13.9 Å². The normalized spacial score (nSPS) is 16.6. The van der Waals surface area contributed by atoms with Gasteiger partial charge in [0.15, 0.2) is 11.6 Å². The van der Waals surface area contributed by atoms with Gasteiger partial charge in [0.25, 0.3) is 5.91 Å². The van der Waals surface area contributed by atoms with E-state index < -0.39 is 5.82 Å². The third-order valence-electron chi connectivity index (χ3n) is 4.74. The highest BCUT2D eigenvalue weighted by molar-refractivity contribution is 5.94. The van der Waals surface area contributed by atoms with E-state index in [1.807, 2.05) is 4.90 Å². The number of aromatic nitrogens is 3. The van der Waals surface area contributed by atoms with Gasteiger partial charge >= 0.3 is 0 Å². The van der Waals surface area contributed by atoms with E-state index in [2.05, 4.69) is 15.0 Å². The summed E-state index contributed by atoms with van der Waals surface area (Å²) in [5.74, 6) is -0.0798. The molecule has 3 heterocycles. The SMILES string of the molecule is O=C(c1ccncc1)N1CCCC(c2cncc(Oc3ccccc3F)n2)C1. The number of ether oxygens (including phenoxy) is 1. The molecule has 1 atom stereocenters. The summed E-state index contributed by atoms with van der Waals surface area (Å²) in [5.41, 5.74) is 1.36. The third kappa shape index (κ3) is 3.98. The molecule has 0 aliphatic carbocycles. The molecular formula is C21H19FN4O2. The highest BCUT2D eigenvalue weighted by Gasteiger charge is 2.26. The van der Waals surface area contributed by atoms with Gasteiger partial charge < -0.3 is 9.64 Å². The Morgan fingerprint density at radius 1 is 1.11 bits per heavy atom. The lowest BCUT2D eigenvalue weighted by Gasteiger charge is -2.32. The second-order valence-electron chi connectivity index (χ2n) is 6.64. The van der Waals surface area contributed by atoms with Crippen molar-refractivity contribution in [3.63, 3.8) is 0 Å². The minimum Gasteiger partial charge on any atom is -0.434 e. The van der Waals surface area contributed by atoms with Crippen LogP contribution in [0, 0.1) is 5.82 Å². The Kier molecular flexibility index (Phi) is 5.23.